The average molecular weight is 266 g/mol. The van der Waals surface area contributed by atoms with Gasteiger partial charge in [-0.05, 0) is 38.5 Å². The topological polar surface area (TPSA) is 74.6 Å². The van der Waals surface area contributed by atoms with Gasteiger partial charge in [-0.15, -0.1) is 0 Å². The molecule has 2 aliphatic rings. The van der Waals surface area contributed by atoms with Crippen molar-refractivity contribution in [3.05, 3.63) is 12.2 Å². The molecular weight excluding hydrogens is 244 g/mol. The molecule has 19 heavy (non-hydrogen) atoms. The minimum absolute atomic E-state index is 0.113. The summed E-state index contributed by atoms with van der Waals surface area (Å²) in [5, 5.41) is 19.1. The molecule has 0 aromatic carbocycles. The van der Waals surface area contributed by atoms with E-state index in [1.54, 1.807) is 19.1 Å². The van der Waals surface area contributed by atoms with Crippen molar-refractivity contribution in [1.82, 2.24) is 0 Å². The SMILES string of the molecule is CC1(C(=O)O)C=CCC(C(=O)O)(C2CCCCC2)C1. The van der Waals surface area contributed by atoms with Crippen LogP contribution in [-0.4, -0.2) is 22.2 Å². The van der Waals surface area contributed by atoms with Gasteiger partial charge in [0.05, 0.1) is 10.8 Å². The second-order valence-electron chi connectivity index (χ2n) is 6.30. The summed E-state index contributed by atoms with van der Waals surface area (Å²) < 4.78 is 0. The fraction of sp³-hybridized carbons (Fsp3) is 0.733. The van der Waals surface area contributed by atoms with E-state index in [0.717, 1.165) is 32.1 Å². The van der Waals surface area contributed by atoms with Gasteiger partial charge in [0, 0.05) is 0 Å². The van der Waals surface area contributed by atoms with Gasteiger partial charge in [0.25, 0.3) is 0 Å². The number of carbonyl (C=O) groups is 2. The maximum atomic E-state index is 11.9. The third-order valence-corrected chi connectivity index (χ3v) is 4.95. The summed E-state index contributed by atoms with van der Waals surface area (Å²) in [7, 11) is 0. The van der Waals surface area contributed by atoms with Gasteiger partial charge in [0.1, 0.15) is 0 Å². The Morgan fingerprint density at radius 1 is 1.11 bits per heavy atom. The number of hydrogen-bond acceptors (Lipinski definition) is 2. The van der Waals surface area contributed by atoms with Crippen LogP contribution in [0.3, 0.4) is 0 Å². The van der Waals surface area contributed by atoms with Crippen molar-refractivity contribution in [2.45, 2.75) is 51.9 Å². The third kappa shape index (κ3) is 2.40. The Morgan fingerprint density at radius 3 is 2.26 bits per heavy atom. The van der Waals surface area contributed by atoms with E-state index in [-0.39, 0.29) is 12.3 Å². The van der Waals surface area contributed by atoms with E-state index < -0.39 is 22.8 Å². The molecule has 0 bridgehead atoms. The van der Waals surface area contributed by atoms with Crippen molar-refractivity contribution in [3.8, 4) is 0 Å². The molecule has 2 N–H and O–H groups in total. The summed E-state index contributed by atoms with van der Waals surface area (Å²) in [5.41, 5.74) is -1.93. The van der Waals surface area contributed by atoms with Crippen LogP contribution in [0.2, 0.25) is 0 Å². The molecule has 4 heteroatoms. The molecule has 106 valence electrons. The first-order valence-electron chi connectivity index (χ1n) is 7.05. The smallest absolute Gasteiger partial charge is 0.313 e. The van der Waals surface area contributed by atoms with E-state index >= 15 is 0 Å². The van der Waals surface area contributed by atoms with Crippen molar-refractivity contribution in [1.29, 1.82) is 0 Å². The summed E-state index contributed by atoms with van der Waals surface area (Å²) >= 11 is 0. The average Bonchev–Trinajstić information content (AvgIpc) is 2.39. The number of carboxylic acid groups (broad SMARTS) is 2. The second kappa shape index (κ2) is 4.99. The summed E-state index contributed by atoms with van der Waals surface area (Å²) in [6.07, 6.45) is 9.23. The van der Waals surface area contributed by atoms with E-state index in [1.165, 1.54) is 0 Å². The first-order chi connectivity index (χ1) is 8.91. The Morgan fingerprint density at radius 2 is 1.74 bits per heavy atom. The van der Waals surface area contributed by atoms with Crippen LogP contribution in [0.5, 0.6) is 0 Å². The highest BCUT2D eigenvalue weighted by Crippen LogP contribution is 2.51. The quantitative estimate of drug-likeness (QED) is 0.770. The van der Waals surface area contributed by atoms with Crippen molar-refractivity contribution < 1.29 is 19.8 Å². The largest absolute Gasteiger partial charge is 0.481 e. The Hall–Kier alpha value is -1.32. The first-order valence-corrected chi connectivity index (χ1v) is 7.05. The second-order valence-corrected chi connectivity index (χ2v) is 6.30. The summed E-state index contributed by atoms with van der Waals surface area (Å²) in [5.74, 6) is -1.64. The van der Waals surface area contributed by atoms with Crippen molar-refractivity contribution >= 4 is 11.9 Å². The molecule has 2 rings (SSSR count). The zero-order valence-electron chi connectivity index (χ0n) is 11.4. The number of carboxylic acids is 2. The van der Waals surface area contributed by atoms with Gasteiger partial charge in [-0.3, -0.25) is 9.59 Å². The molecule has 0 saturated heterocycles. The van der Waals surface area contributed by atoms with Gasteiger partial charge >= 0.3 is 11.9 Å². The van der Waals surface area contributed by atoms with E-state index in [0.29, 0.717) is 6.42 Å². The van der Waals surface area contributed by atoms with E-state index in [4.69, 9.17) is 0 Å². The van der Waals surface area contributed by atoms with Crippen molar-refractivity contribution in [2.24, 2.45) is 16.7 Å². The Bertz CT molecular complexity index is 408. The monoisotopic (exact) mass is 266 g/mol. The van der Waals surface area contributed by atoms with Gasteiger partial charge in [-0.2, -0.15) is 0 Å². The highest BCUT2D eigenvalue weighted by molar-refractivity contribution is 5.81. The molecule has 2 aliphatic carbocycles. The van der Waals surface area contributed by atoms with Crippen LogP contribution >= 0.6 is 0 Å². The minimum atomic E-state index is -1.05. The number of hydrogen-bond donors (Lipinski definition) is 2. The lowest BCUT2D eigenvalue weighted by Crippen LogP contribution is -2.47. The normalized spacial score (nSPS) is 36.1. The number of allylic oxidation sites excluding steroid dienone is 1. The molecule has 0 aromatic heterocycles. The minimum Gasteiger partial charge on any atom is -0.481 e. The molecule has 2 unspecified atom stereocenters. The highest BCUT2D eigenvalue weighted by Gasteiger charge is 2.52. The first kappa shape index (κ1) is 14.1. The van der Waals surface area contributed by atoms with Gasteiger partial charge in [-0.1, -0.05) is 31.4 Å². The molecule has 1 fully saturated rings. The lowest BCUT2D eigenvalue weighted by molar-refractivity contribution is -0.160. The van der Waals surface area contributed by atoms with Crippen LogP contribution in [-0.2, 0) is 9.59 Å². The molecule has 0 radical (unpaired) electrons. The zero-order chi connectivity index (χ0) is 14.1. The summed E-state index contributed by atoms with van der Waals surface area (Å²) in [6, 6.07) is 0. The van der Waals surface area contributed by atoms with E-state index in [9.17, 15) is 19.8 Å². The Labute approximate surface area is 113 Å². The Balaban J connectivity index is 2.33. The highest BCUT2D eigenvalue weighted by atomic mass is 16.4. The molecule has 0 spiro atoms. The van der Waals surface area contributed by atoms with E-state index in [1.807, 2.05) is 0 Å². The molecule has 0 amide bonds. The molecular formula is C15H22O4. The van der Waals surface area contributed by atoms with Crippen molar-refractivity contribution in [3.63, 3.8) is 0 Å². The maximum Gasteiger partial charge on any atom is 0.313 e. The third-order valence-electron chi connectivity index (χ3n) is 4.95. The van der Waals surface area contributed by atoms with Crippen LogP contribution in [0.4, 0.5) is 0 Å². The summed E-state index contributed by atoms with van der Waals surface area (Å²) in [4.78, 5) is 23.3. The predicted molar refractivity (Wildman–Crippen MR) is 70.8 cm³/mol. The van der Waals surface area contributed by atoms with Gasteiger partial charge in [-0.25, -0.2) is 0 Å². The van der Waals surface area contributed by atoms with Crippen molar-refractivity contribution in [2.75, 3.05) is 0 Å². The fourth-order valence-electron chi connectivity index (χ4n) is 3.77. The molecule has 0 aliphatic heterocycles. The maximum absolute atomic E-state index is 11.9. The standard InChI is InChI=1S/C15H22O4/c1-14(12(16)17)8-5-9-15(10-14,13(18)19)11-6-3-2-4-7-11/h5,8,11H,2-4,6-7,9-10H2,1H3,(H,16,17)(H,18,19). The van der Waals surface area contributed by atoms with Gasteiger partial charge in [0.15, 0.2) is 0 Å². The molecule has 2 atom stereocenters. The molecule has 1 saturated carbocycles. The van der Waals surface area contributed by atoms with Crippen LogP contribution in [0.1, 0.15) is 51.9 Å². The lowest BCUT2D eigenvalue weighted by atomic mass is 9.58. The summed E-state index contributed by atoms with van der Waals surface area (Å²) in [6.45, 7) is 1.63. The van der Waals surface area contributed by atoms with Gasteiger partial charge < -0.3 is 10.2 Å². The van der Waals surface area contributed by atoms with Crippen LogP contribution < -0.4 is 0 Å². The van der Waals surface area contributed by atoms with Gasteiger partial charge in [0.2, 0.25) is 0 Å². The number of rotatable bonds is 3. The van der Waals surface area contributed by atoms with Crippen LogP contribution in [0, 0.1) is 16.7 Å². The molecule has 0 aromatic rings. The predicted octanol–water partition coefficient (Wildman–Crippen LogP) is 3.08. The van der Waals surface area contributed by atoms with Crippen LogP contribution in [0.15, 0.2) is 12.2 Å². The van der Waals surface area contributed by atoms with Crippen LogP contribution in [0.25, 0.3) is 0 Å². The zero-order valence-corrected chi connectivity index (χ0v) is 11.4. The Kier molecular flexibility index (Phi) is 3.70. The molecule has 4 nitrogen and oxygen atoms in total. The molecule has 0 heterocycles. The van der Waals surface area contributed by atoms with E-state index in [2.05, 4.69) is 0 Å². The lowest BCUT2D eigenvalue weighted by Gasteiger charge is -2.44. The number of aliphatic carboxylic acids is 2. The fourth-order valence-corrected chi connectivity index (χ4v) is 3.77.